The predicted octanol–water partition coefficient (Wildman–Crippen LogP) is 3.92. The van der Waals surface area contributed by atoms with Crippen molar-refractivity contribution in [1.29, 1.82) is 0 Å². The fraction of sp³-hybridized carbons (Fsp3) is 0.562. The van der Waals surface area contributed by atoms with Crippen molar-refractivity contribution < 1.29 is 13.9 Å². The Balaban J connectivity index is 2.07. The van der Waals surface area contributed by atoms with Crippen LogP contribution < -0.4 is 11.1 Å². The number of halogens is 1. The Bertz CT molecular complexity index is 661. The average molecular weight is 357 g/mol. The highest BCUT2D eigenvalue weighted by molar-refractivity contribution is 7.60. The Morgan fingerprint density at radius 3 is 2.65 bits per heavy atom. The second-order valence-electron chi connectivity index (χ2n) is 6.32. The largest absolute Gasteiger partial charge is 0.373 e. The molecule has 7 heteroatoms. The van der Waals surface area contributed by atoms with Crippen molar-refractivity contribution in [2.75, 3.05) is 12.4 Å². The summed E-state index contributed by atoms with van der Waals surface area (Å²) in [7, 11) is -1.63. The number of carbonyl (C=O) groups is 1. The van der Waals surface area contributed by atoms with Crippen molar-refractivity contribution in [3.63, 3.8) is 0 Å². The zero-order valence-corrected chi connectivity index (χ0v) is 14.8. The van der Waals surface area contributed by atoms with Crippen molar-refractivity contribution in [3.05, 3.63) is 28.8 Å². The van der Waals surface area contributed by atoms with E-state index in [0.29, 0.717) is 5.02 Å². The molecule has 3 unspecified atom stereocenters. The second-order valence-corrected chi connectivity index (χ2v) is 9.70. The van der Waals surface area contributed by atoms with Gasteiger partial charge in [-0.15, -0.1) is 0 Å². The Labute approximate surface area is 141 Å². The van der Waals surface area contributed by atoms with E-state index in [0.717, 1.165) is 43.4 Å². The number of amides is 1. The van der Waals surface area contributed by atoms with Gasteiger partial charge in [-0.05, 0) is 36.6 Å². The summed E-state index contributed by atoms with van der Waals surface area (Å²) in [5, 5.41) is 3.65. The Kier molecular flexibility index (Phi) is 4.73. The summed E-state index contributed by atoms with van der Waals surface area (Å²) in [6.45, 7) is 0. The minimum Gasteiger partial charge on any atom is -0.373 e. The first-order valence-corrected chi connectivity index (χ1v) is 10.1. The van der Waals surface area contributed by atoms with E-state index >= 15 is 0 Å². The zero-order chi connectivity index (χ0) is 16.6. The summed E-state index contributed by atoms with van der Waals surface area (Å²) in [6, 6.07) is 4.59. The third kappa shape index (κ3) is 2.90. The molecule has 0 radical (unpaired) electrons. The molecule has 126 valence electrons. The molecule has 3 rings (SSSR count). The van der Waals surface area contributed by atoms with Gasteiger partial charge >= 0.3 is 0 Å². The van der Waals surface area contributed by atoms with Gasteiger partial charge in [-0.1, -0.05) is 30.9 Å². The lowest BCUT2D eigenvalue weighted by Gasteiger charge is -2.35. The van der Waals surface area contributed by atoms with Crippen LogP contribution in [0.5, 0.6) is 0 Å². The van der Waals surface area contributed by atoms with Gasteiger partial charge in [0.2, 0.25) is 13.3 Å². The number of fused-ring (bicyclic) bond motifs is 1. The lowest BCUT2D eigenvalue weighted by Crippen LogP contribution is -2.38. The van der Waals surface area contributed by atoms with Gasteiger partial charge in [0.15, 0.2) is 0 Å². The fourth-order valence-corrected chi connectivity index (χ4v) is 7.38. The standard InChI is InChI=1S/C16H22ClN2O3P/c1-22-23(21,11-5-3-2-4-6-11)15-12-9-10(17)7-8-13(12)19-14(15)16(18)20/h7-9,11,14-15,19H,2-6H2,1H3,(H2,18,20). The molecule has 1 aliphatic carbocycles. The van der Waals surface area contributed by atoms with Gasteiger partial charge in [0.05, 0.1) is 5.66 Å². The molecule has 1 heterocycles. The summed E-state index contributed by atoms with van der Waals surface area (Å²) >= 11 is 6.12. The van der Waals surface area contributed by atoms with Gasteiger partial charge in [0.25, 0.3) is 0 Å². The van der Waals surface area contributed by atoms with Crippen LogP contribution in [0.3, 0.4) is 0 Å². The highest BCUT2D eigenvalue weighted by atomic mass is 35.5. The molecule has 23 heavy (non-hydrogen) atoms. The van der Waals surface area contributed by atoms with Crippen LogP contribution in [0.15, 0.2) is 18.2 Å². The monoisotopic (exact) mass is 356 g/mol. The van der Waals surface area contributed by atoms with E-state index in [1.165, 1.54) is 7.11 Å². The first-order chi connectivity index (χ1) is 11.0. The topological polar surface area (TPSA) is 81.4 Å². The summed E-state index contributed by atoms with van der Waals surface area (Å²) in [4.78, 5) is 12.0. The molecule has 1 saturated carbocycles. The summed E-state index contributed by atoms with van der Waals surface area (Å²) < 4.78 is 19.4. The molecule has 1 aromatic carbocycles. The van der Waals surface area contributed by atoms with Crippen LogP contribution in [0.25, 0.3) is 0 Å². The number of primary amides is 1. The van der Waals surface area contributed by atoms with Crippen LogP contribution in [0, 0.1) is 0 Å². The van der Waals surface area contributed by atoms with E-state index < -0.39 is 25.0 Å². The van der Waals surface area contributed by atoms with E-state index in [1.54, 1.807) is 18.2 Å². The molecule has 1 amide bonds. The van der Waals surface area contributed by atoms with Crippen molar-refractivity contribution in [2.45, 2.75) is 49.5 Å². The Morgan fingerprint density at radius 1 is 1.35 bits per heavy atom. The molecule has 1 aliphatic heterocycles. The summed E-state index contributed by atoms with van der Waals surface area (Å²) in [6.07, 6.45) is 4.97. The highest BCUT2D eigenvalue weighted by Crippen LogP contribution is 2.69. The first kappa shape index (κ1) is 16.8. The maximum absolute atomic E-state index is 13.8. The predicted molar refractivity (Wildman–Crippen MR) is 92.3 cm³/mol. The van der Waals surface area contributed by atoms with Gasteiger partial charge in [-0.3, -0.25) is 9.36 Å². The molecule has 3 atom stereocenters. The number of benzene rings is 1. The van der Waals surface area contributed by atoms with E-state index in [4.69, 9.17) is 21.9 Å². The number of hydrogen-bond acceptors (Lipinski definition) is 4. The lowest BCUT2D eigenvalue weighted by atomic mass is 10.0. The summed E-state index contributed by atoms with van der Waals surface area (Å²) in [5.74, 6) is -0.518. The molecule has 3 N–H and O–H groups in total. The SMILES string of the molecule is COP(=O)(C1CCCCC1)C1c2cc(Cl)ccc2NC1C(N)=O. The number of nitrogens with two attached hydrogens (primary N) is 1. The van der Waals surface area contributed by atoms with Crippen LogP contribution in [-0.2, 0) is 13.9 Å². The quantitative estimate of drug-likeness (QED) is 0.801. The van der Waals surface area contributed by atoms with Crippen LogP contribution >= 0.6 is 19.0 Å². The number of carbonyl (C=O) groups excluding carboxylic acids is 1. The van der Waals surface area contributed by atoms with Crippen molar-refractivity contribution in [3.8, 4) is 0 Å². The molecular formula is C16H22ClN2O3P. The third-order valence-corrected chi connectivity index (χ3v) is 8.71. The van der Waals surface area contributed by atoms with E-state index in [1.807, 2.05) is 0 Å². The molecule has 5 nitrogen and oxygen atoms in total. The molecule has 2 aliphatic rings. The molecule has 1 fully saturated rings. The van der Waals surface area contributed by atoms with E-state index in [-0.39, 0.29) is 5.66 Å². The molecule has 0 aromatic heterocycles. The van der Waals surface area contributed by atoms with E-state index in [9.17, 15) is 9.36 Å². The van der Waals surface area contributed by atoms with Crippen molar-refractivity contribution >= 4 is 30.6 Å². The third-order valence-electron chi connectivity index (χ3n) is 5.02. The molecule has 0 bridgehead atoms. The Hall–Kier alpha value is -1.03. The fourth-order valence-electron chi connectivity index (χ4n) is 3.89. The number of nitrogens with one attached hydrogen (secondary N) is 1. The van der Waals surface area contributed by atoms with Gasteiger partial charge in [-0.2, -0.15) is 0 Å². The number of hydrogen-bond donors (Lipinski definition) is 2. The van der Waals surface area contributed by atoms with Crippen LogP contribution in [0.4, 0.5) is 5.69 Å². The number of rotatable bonds is 4. The first-order valence-electron chi connectivity index (χ1n) is 7.98. The van der Waals surface area contributed by atoms with Crippen LogP contribution in [0.2, 0.25) is 5.02 Å². The maximum atomic E-state index is 13.8. The summed E-state index contributed by atoms with van der Waals surface area (Å²) in [5.41, 5.74) is 6.52. The van der Waals surface area contributed by atoms with Crippen molar-refractivity contribution in [2.24, 2.45) is 5.73 Å². The minimum atomic E-state index is -3.11. The molecular weight excluding hydrogens is 335 g/mol. The molecule has 0 saturated heterocycles. The molecule has 0 spiro atoms. The van der Waals surface area contributed by atoms with Gasteiger partial charge in [0.1, 0.15) is 6.04 Å². The maximum Gasteiger partial charge on any atom is 0.241 e. The minimum absolute atomic E-state index is 0.0279. The van der Waals surface area contributed by atoms with Crippen LogP contribution in [-0.4, -0.2) is 24.7 Å². The van der Waals surface area contributed by atoms with Crippen LogP contribution in [0.1, 0.15) is 43.3 Å². The van der Waals surface area contributed by atoms with Crippen molar-refractivity contribution in [1.82, 2.24) is 0 Å². The highest BCUT2D eigenvalue weighted by Gasteiger charge is 2.51. The Morgan fingerprint density at radius 2 is 2.04 bits per heavy atom. The zero-order valence-electron chi connectivity index (χ0n) is 13.1. The van der Waals surface area contributed by atoms with Gasteiger partial charge < -0.3 is 15.6 Å². The average Bonchev–Trinajstić information content (AvgIpc) is 2.94. The van der Waals surface area contributed by atoms with E-state index in [2.05, 4.69) is 5.32 Å². The molecule has 1 aromatic rings. The second kappa shape index (κ2) is 6.46. The van der Waals surface area contributed by atoms with Gasteiger partial charge in [-0.25, -0.2) is 0 Å². The number of anilines is 1. The smallest absolute Gasteiger partial charge is 0.241 e. The normalized spacial score (nSPS) is 27.0. The van der Waals surface area contributed by atoms with Gasteiger partial charge in [0, 0.05) is 23.5 Å². The lowest BCUT2D eigenvalue weighted by molar-refractivity contribution is -0.118.